The number of nitrogens with one attached hydrogen (secondary N) is 2. The van der Waals surface area contributed by atoms with Crippen molar-refractivity contribution in [1.29, 1.82) is 0 Å². The van der Waals surface area contributed by atoms with E-state index in [-0.39, 0.29) is 18.1 Å². The number of pyridine rings is 1. The molecule has 0 radical (unpaired) electrons. The van der Waals surface area contributed by atoms with Crippen molar-refractivity contribution in [1.82, 2.24) is 15.5 Å². The largest absolute Gasteiger partial charge is 0.433 e. The van der Waals surface area contributed by atoms with E-state index in [9.17, 15) is 13.6 Å². The van der Waals surface area contributed by atoms with Crippen LogP contribution in [0.1, 0.15) is 17.0 Å². The summed E-state index contributed by atoms with van der Waals surface area (Å²) >= 11 is 0. The summed E-state index contributed by atoms with van der Waals surface area (Å²) in [6, 6.07) is 2.14. The SMILES string of the molecule is Cc1noc(C)c1CNC(=O)Nc1ccc(OC(F)F)cn1. The van der Waals surface area contributed by atoms with Gasteiger partial charge in [0.05, 0.1) is 11.9 Å². The van der Waals surface area contributed by atoms with Crippen LogP contribution in [0.4, 0.5) is 19.4 Å². The topological polar surface area (TPSA) is 89.3 Å². The third-order valence-corrected chi connectivity index (χ3v) is 2.81. The number of alkyl halides is 2. The monoisotopic (exact) mass is 312 g/mol. The van der Waals surface area contributed by atoms with Crippen LogP contribution in [-0.4, -0.2) is 22.8 Å². The van der Waals surface area contributed by atoms with E-state index in [1.165, 1.54) is 12.1 Å². The van der Waals surface area contributed by atoms with Crippen LogP contribution in [0.15, 0.2) is 22.9 Å². The molecule has 0 aromatic carbocycles. The van der Waals surface area contributed by atoms with Gasteiger partial charge in [0, 0.05) is 12.1 Å². The highest BCUT2D eigenvalue weighted by Gasteiger charge is 2.11. The number of carbonyl (C=O) groups is 1. The van der Waals surface area contributed by atoms with Gasteiger partial charge in [-0.05, 0) is 26.0 Å². The van der Waals surface area contributed by atoms with Gasteiger partial charge < -0.3 is 14.6 Å². The molecule has 9 heteroatoms. The summed E-state index contributed by atoms with van der Waals surface area (Å²) in [5, 5.41) is 8.87. The van der Waals surface area contributed by atoms with Crippen molar-refractivity contribution in [2.75, 3.05) is 5.32 Å². The van der Waals surface area contributed by atoms with Gasteiger partial charge in [0.15, 0.2) is 0 Å². The Bertz CT molecular complexity index is 624. The zero-order valence-electron chi connectivity index (χ0n) is 11.9. The Kier molecular flexibility index (Phi) is 4.87. The average molecular weight is 312 g/mol. The molecule has 0 aliphatic heterocycles. The number of anilines is 1. The first kappa shape index (κ1) is 15.7. The number of nitrogens with zero attached hydrogens (tertiary/aromatic N) is 2. The Balaban J connectivity index is 1.87. The predicted molar refractivity (Wildman–Crippen MR) is 72.7 cm³/mol. The fourth-order valence-electron chi connectivity index (χ4n) is 1.71. The number of hydrogen-bond acceptors (Lipinski definition) is 5. The second-order valence-electron chi connectivity index (χ2n) is 4.37. The molecule has 2 amide bonds. The molecule has 7 nitrogen and oxygen atoms in total. The Morgan fingerprint density at radius 3 is 2.73 bits per heavy atom. The first-order chi connectivity index (χ1) is 10.5. The lowest BCUT2D eigenvalue weighted by Gasteiger charge is -2.08. The highest BCUT2D eigenvalue weighted by molar-refractivity contribution is 5.88. The van der Waals surface area contributed by atoms with Crippen LogP contribution in [-0.2, 0) is 6.54 Å². The van der Waals surface area contributed by atoms with Crippen molar-refractivity contribution in [2.45, 2.75) is 27.0 Å². The summed E-state index contributed by atoms with van der Waals surface area (Å²) < 4.78 is 33.1. The van der Waals surface area contributed by atoms with E-state index >= 15 is 0 Å². The Morgan fingerprint density at radius 2 is 2.18 bits per heavy atom. The molecule has 0 atom stereocenters. The zero-order valence-corrected chi connectivity index (χ0v) is 11.9. The van der Waals surface area contributed by atoms with Crippen molar-refractivity contribution < 1.29 is 22.8 Å². The molecule has 2 heterocycles. The van der Waals surface area contributed by atoms with Crippen LogP contribution in [0.2, 0.25) is 0 Å². The molecule has 0 saturated carbocycles. The summed E-state index contributed by atoms with van der Waals surface area (Å²) in [7, 11) is 0. The van der Waals surface area contributed by atoms with Crippen LogP contribution in [0.3, 0.4) is 0 Å². The molecule has 22 heavy (non-hydrogen) atoms. The maximum Gasteiger partial charge on any atom is 0.387 e. The highest BCUT2D eigenvalue weighted by Crippen LogP contribution is 2.15. The molecule has 0 saturated heterocycles. The average Bonchev–Trinajstić information content (AvgIpc) is 2.77. The number of urea groups is 1. The lowest BCUT2D eigenvalue weighted by molar-refractivity contribution is -0.0500. The van der Waals surface area contributed by atoms with Crippen molar-refractivity contribution >= 4 is 11.8 Å². The second kappa shape index (κ2) is 6.83. The van der Waals surface area contributed by atoms with E-state index in [2.05, 4.69) is 25.5 Å². The van der Waals surface area contributed by atoms with Crippen molar-refractivity contribution in [2.24, 2.45) is 0 Å². The smallest absolute Gasteiger partial charge is 0.387 e. The number of aryl methyl sites for hydroxylation is 2. The molecule has 0 aliphatic carbocycles. The summed E-state index contributed by atoms with van der Waals surface area (Å²) in [4.78, 5) is 15.5. The quantitative estimate of drug-likeness (QED) is 0.886. The molecule has 2 rings (SSSR count). The van der Waals surface area contributed by atoms with Crippen molar-refractivity contribution in [3.05, 3.63) is 35.3 Å². The minimum absolute atomic E-state index is 0.0864. The lowest BCUT2D eigenvalue weighted by Crippen LogP contribution is -2.28. The van der Waals surface area contributed by atoms with Gasteiger partial charge in [-0.3, -0.25) is 5.32 Å². The second-order valence-corrected chi connectivity index (χ2v) is 4.37. The predicted octanol–water partition coefficient (Wildman–Crippen LogP) is 2.61. The van der Waals surface area contributed by atoms with E-state index in [1.54, 1.807) is 13.8 Å². The molecule has 0 spiro atoms. The Labute approximate surface area is 124 Å². The van der Waals surface area contributed by atoms with Gasteiger partial charge in [-0.2, -0.15) is 8.78 Å². The van der Waals surface area contributed by atoms with E-state index in [1.807, 2.05) is 0 Å². The molecule has 2 aromatic rings. The summed E-state index contributed by atoms with van der Waals surface area (Å²) in [5.41, 5.74) is 1.49. The zero-order chi connectivity index (χ0) is 16.1. The number of ether oxygens (including phenoxy) is 1. The molecule has 0 unspecified atom stereocenters. The van der Waals surface area contributed by atoms with E-state index in [0.29, 0.717) is 11.5 Å². The molecule has 0 bridgehead atoms. The summed E-state index contributed by atoms with van der Waals surface area (Å²) in [6.45, 7) is 0.853. The van der Waals surface area contributed by atoms with Crippen molar-refractivity contribution in [3.63, 3.8) is 0 Å². The number of rotatable bonds is 5. The van der Waals surface area contributed by atoms with Gasteiger partial charge in [0.1, 0.15) is 17.3 Å². The number of aromatic nitrogens is 2. The normalized spacial score (nSPS) is 10.6. The number of carbonyl (C=O) groups excluding carboxylic acids is 1. The van der Waals surface area contributed by atoms with E-state index in [0.717, 1.165) is 11.8 Å². The Morgan fingerprint density at radius 1 is 1.41 bits per heavy atom. The fourth-order valence-corrected chi connectivity index (χ4v) is 1.71. The van der Waals surface area contributed by atoms with Gasteiger partial charge in [0.25, 0.3) is 0 Å². The molecular formula is C13H14F2N4O3. The van der Waals surface area contributed by atoms with Crippen LogP contribution in [0.25, 0.3) is 0 Å². The van der Waals surface area contributed by atoms with Crippen molar-refractivity contribution in [3.8, 4) is 5.75 Å². The first-order valence-electron chi connectivity index (χ1n) is 6.33. The first-order valence-corrected chi connectivity index (χ1v) is 6.33. The molecular weight excluding hydrogens is 298 g/mol. The van der Waals surface area contributed by atoms with Crippen LogP contribution < -0.4 is 15.4 Å². The standard InChI is InChI=1S/C13H14F2N4O3/c1-7-10(8(2)22-19-7)6-17-13(20)18-11-4-3-9(5-16-11)21-12(14)15/h3-5,12H,6H2,1-2H3,(H2,16,17,18,20). The number of amides is 2. The molecule has 2 N–H and O–H groups in total. The van der Waals surface area contributed by atoms with Crippen LogP contribution in [0.5, 0.6) is 5.75 Å². The number of halogens is 2. The number of hydrogen-bond donors (Lipinski definition) is 2. The minimum atomic E-state index is -2.92. The fraction of sp³-hybridized carbons (Fsp3) is 0.308. The van der Waals surface area contributed by atoms with E-state index < -0.39 is 12.6 Å². The van der Waals surface area contributed by atoms with Gasteiger partial charge >= 0.3 is 12.6 Å². The van der Waals surface area contributed by atoms with Crippen LogP contribution >= 0.6 is 0 Å². The maximum atomic E-state index is 12.0. The minimum Gasteiger partial charge on any atom is -0.433 e. The maximum absolute atomic E-state index is 12.0. The molecule has 2 aromatic heterocycles. The van der Waals surface area contributed by atoms with Gasteiger partial charge in [-0.1, -0.05) is 5.16 Å². The Hall–Kier alpha value is -2.71. The van der Waals surface area contributed by atoms with Gasteiger partial charge in [-0.25, -0.2) is 9.78 Å². The van der Waals surface area contributed by atoms with E-state index in [4.69, 9.17) is 4.52 Å². The molecule has 0 fully saturated rings. The van der Waals surface area contributed by atoms with Gasteiger partial charge in [-0.15, -0.1) is 0 Å². The summed E-state index contributed by atoms with van der Waals surface area (Å²) in [6.07, 6.45) is 1.09. The van der Waals surface area contributed by atoms with Gasteiger partial charge in [0.2, 0.25) is 0 Å². The summed E-state index contributed by atoms with van der Waals surface area (Å²) in [5.74, 6) is 0.749. The highest BCUT2D eigenvalue weighted by atomic mass is 19.3. The lowest BCUT2D eigenvalue weighted by atomic mass is 10.2. The molecule has 0 aliphatic rings. The van der Waals surface area contributed by atoms with Crippen LogP contribution in [0, 0.1) is 13.8 Å². The third kappa shape index (κ3) is 4.14. The third-order valence-electron chi connectivity index (χ3n) is 2.81. The molecule has 118 valence electrons.